The summed E-state index contributed by atoms with van der Waals surface area (Å²) in [5.74, 6) is 0.842. The van der Waals surface area contributed by atoms with Crippen LogP contribution in [0.4, 0.5) is 5.82 Å². The fraction of sp³-hybridized carbons (Fsp3) is 0.455. The first-order chi connectivity index (χ1) is 7.17. The molecule has 0 spiro atoms. The fourth-order valence-electron chi connectivity index (χ4n) is 1.35. The molecule has 82 valence electrons. The van der Waals surface area contributed by atoms with Gasteiger partial charge in [0.2, 0.25) is 0 Å². The minimum atomic E-state index is 0.336. The van der Waals surface area contributed by atoms with Gasteiger partial charge in [-0.2, -0.15) is 0 Å². The lowest BCUT2D eigenvalue weighted by Gasteiger charge is -2.15. The van der Waals surface area contributed by atoms with E-state index in [1.807, 2.05) is 18.2 Å². The molecular formula is C11H17N3S. The Kier molecular flexibility index (Phi) is 4.49. The number of nitrogens with two attached hydrogens (primary N) is 1. The van der Waals surface area contributed by atoms with Gasteiger partial charge < -0.3 is 11.1 Å². The highest BCUT2D eigenvalue weighted by atomic mass is 32.1. The molecule has 0 amide bonds. The van der Waals surface area contributed by atoms with Gasteiger partial charge >= 0.3 is 0 Å². The van der Waals surface area contributed by atoms with Crippen LogP contribution in [-0.4, -0.2) is 16.0 Å². The summed E-state index contributed by atoms with van der Waals surface area (Å²) in [7, 11) is 0. The lowest BCUT2D eigenvalue weighted by molar-refractivity contribution is 0.668. The molecule has 0 aliphatic heterocycles. The summed E-state index contributed by atoms with van der Waals surface area (Å²) in [6, 6.07) is 6.12. The molecule has 0 saturated heterocycles. The van der Waals surface area contributed by atoms with Crippen LogP contribution in [0.15, 0.2) is 18.2 Å². The van der Waals surface area contributed by atoms with Crippen molar-refractivity contribution in [3.63, 3.8) is 0 Å². The van der Waals surface area contributed by atoms with Crippen LogP contribution in [0.1, 0.15) is 32.4 Å². The van der Waals surface area contributed by atoms with Crippen LogP contribution < -0.4 is 11.1 Å². The molecule has 0 bridgehead atoms. The van der Waals surface area contributed by atoms with Crippen LogP contribution in [0.3, 0.4) is 0 Å². The quantitative estimate of drug-likeness (QED) is 0.752. The zero-order chi connectivity index (χ0) is 11.3. The van der Waals surface area contributed by atoms with E-state index in [-0.39, 0.29) is 0 Å². The Morgan fingerprint density at radius 3 is 2.67 bits per heavy atom. The van der Waals surface area contributed by atoms with Crippen molar-refractivity contribution < 1.29 is 0 Å². The molecular weight excluding hydrogens is 206 g/mol. The van der Waals surface area contributed by atoms with Crippen LogP contribution >= 0.6 is 12.2 Å². The van der Waals surface area contributed by atoms with Crippen molar-refractivity contribution in [1.29, 1.82) is 0 Å². The number of nitrogens with one attached hydrogen (secondary N) is 1. The van der Waals surface area contributed by atoms with Gasteiger partial charge in [-0.15, -0.1) is 0 Å². The molecule has 1 aromatic heterocycles. The first kappa shape index (κ1) is 11.9. The first-order valence-electron chi connectivity index (χ1n) is 5.20. The van der Waals surface area contributed by atoms with Crippen LogP contribution in [0.5, 0.6) is 0 Å². The van der Waals surface area contributed by atoms with Crippen molar-refractivity contribution in [3.05, 3.63) is 23.9 Å². The average molecular weight is 223 g/mol. The maximum atomic E-state index is 5.52. The van der Waals surface area contributed by atoms with E-state index in [2.05, 4.69) is 24.1 Å². The molecule has 0 radical (unpaired) electrons. The molecule has 4 heteroatoms. The summed E-state index contributed by atoms with van der Waals surface area (Å²) in [6.45, 7) is 4.30. The van der Waals surface area contributed by atoms with Gasteiger partial charge in [0.25, 0.3) is 0 Å². The van der Waals surface area contributed by atoms with Gasteiger partial charge in [0.05, 0.1) is 5.69 Å². The lowest BCUT2D eigenvalue weighted by atomic mass is 10.2. The average Bonchev–Trinajstić information content (AvgIpc) is 2.26. The van der Waals surface area contributed by atoms with Crippen LogP contribution in [0.2, 0.25) is 0 Å². The predicted octanol–water partition coefficient (Wildman–Crippen LogP) is 2.32. The second-order valence-electron chi connectivity index (χ2n) is 3.43. The zero-order valence-electron chi connectivity index (χ0n) is 9.16. The van der Waals surface area contributed by atoms with E-state index in [1.165, 1.54) is 0 Å². The molecule has 3 nitrogen and oxygen atoms in total. The molecule has 0 atom stereocenters. The van der Waals surface area contributed by atoms with E-state index in [9.17, 15) is 0 Å². The second kappa shape index (κ2) is 5.66. The summed E-state index contributed by atoms with van der Waals surface area (Å²) >= 11 is 4.88. The van der Waals surface area contributed by atoms with Gasteiger partial charge in [-0.25, -0.2) is 4.98 Å². The third-order valence-corrected chi connectivity index (χ3v) is 2.55. The SMILES string of the molecule is CCC(CC)Nc1cccc(C(N)=S)n1. The van der Waals surface area contributed by atoms with Crippen molar-refractivity contribution in [2.45, 2.75) is 32.7 Å². The summed E-state index contributed by atoms with van der Waals surface area (Å²) in [4.78, 5) is 4.67. The van der Waals surface area contributed by atoms with Crippen molar-refractivity contribution in [2.75, 3.05) is 5.32 Å². The van der Waals surface area contributed by atoms with E-state index in [4.69, 9.17) is 18.0 Å². The summed E-state index contributed by atoms with van der Waals surface area (Å²) in [6.07, 6.45) is 2.16. The highest BCUT2D eigenvalue weighted by Crippen LogP contribution is 2.09. The Morgan fingerprint density at radius 1 is 1.47 bits per heavy atom. The number of nitrogens with zero attached hydrogens (tertiary/aromatic N) is 1. The maximum absolute atomic E-state index is 5.52. The normalized spacial score (nSPS) is 10.3. The number of rotatable bonds is 5. The number of hydrogen-bond donors (Lipinski definition) is 2. The minimum Gasteiger partial charge on any atom is -0.388 e. The Bertz CT molecular complexity index is 334. The molecule has 1 rings (SSSR count). The molecule has 0 fully saturated rings. The topological polar surface area (TPSA) is 50.9 Å². The minimum absolute atomic E-state index is 0.336. The van der Waals surface area contributed by atoms with E-state index >= 15 is 0 Å². The molecule has 0 aliphatic rings. The largest absolute Gasteiger partial charge is 0.388 e. The summed E-state index contributed by atoms with van der Waals surface area (Å²) in [5, 5.41) is 3.35. The maximum Gasteiger partial charge on any atom is 0.126 e. The number of hydrogen-bond acceptors (Lipinski definition) is 3. The van der Waals surface area contributed by atoms with Gasteiger partial charge in [0.1, 0.15) is 10.8 Å². The molecule has 15 heavy (non-hydrogen) atoms. The third kappa shape index (κ3) is 3.47. The number of aromatic nitrogens is 1. The lowest BCUT2D eigenvalue weighted by Crippen LogP contribution is -2.19. The Morgan fingerprint density at radius 2 is 2.13 bits per heavy atom. The smallest absolute Gasteiger partial charge is 0.126 e. The molecule has 1 aromatic rings. The molecule has 0 unspecified atom stereocenters. The van der Waals surface area contributed by atoms with Crippen LogP contribution in [0, 0.1) is 0 Å². The predicted molar refractivity (Wildman–Crippen MR) is 68.1 cm³/mol. The van der Waals surface area contributed by atoms with Gasteiger partial charge in [-0.1, -0.05) is 32.1 Å². The molecule has 0 saturated carbocycles. The number of anilines is 1. The number of pyridine rings is 1. The summed E-state index contributed by atoms with van der Waals surface area (Å²) in [5.41, 5.74) is 6.19. The van der Waals surface area contributed by atoms with Crippen molar-refractivity contribution in [3.8, 4) is 0 Å². The zero-order valence-corrected chi connectivity index (χ0v) is 9.97. The van der Waals surface area contributed by atoms with E-state index in [1.54, 1.807) is 0 Å². The van der Waals surface area contributed by atoms with Gasteiger partial charge in [0, 0.05) is 6.04 Å². The molecule has 0 aliphatic carbocycles. The highest BCUT2D eigenvalue weighted by molar-refractivity contribution is 7.80. The van der Waals surface area contributed by atoms with Gasteiger partial charge in [0.15, 0.2) is 0 Å². The van der Waals surface area contributed by atoms with Crippen molar-refractivity contribution in [2.24, 2.45) is 5.73 Å². The Balaban J connectivity index is 2.77. The van der Waals surface area contributed by atoms with E-state index in [0.29, 0.717) is 16.7 Å². The molecule has 3 N–H and O–H groups in total. The van der Waals surface area contributed by atoms with E-state index < -0.39 is 0 Å². The van der Waals surface area contributed by atoms with Crippen LogP contribution in [-0.2, 0) is 0 Å². The first-order valence-corrected chi connectivity index (χ1v) is 5.61. The Labute approximate surface area is 96.1 Å². The van der Waals surface area contributed by atoms with Gasteiger partial charge in [-0.05, 0) is 25.0 Å². The third-order valence-electron chi connectivity index (χ3n) is 2.34. The molecule has 0 aromatic carbocycles. The van der Waals surface area contributed by atoms with Crippen molar-refractivity contribution in [1.82, 2.24) is 4.98 Å². The summed E-state index contributed by atoms with van der Waals surface area (Å²) < 4.78 is 0. The second-order valence-corrected chi connectivity index (χ2v) is 3.87. The standard InChI is InChI=1S/C11H17N3S/c1-3-8(4-2)13-10-7-5-6-9(14-10)11(12)15/h5-8H,3-4H2,1-2H3,(H2,12,15)(H,13,14). The monoisotopic (exact) mass is 223 g/mol. The van der Waals surface area contributed by atoms with E-state index in [0.717, 1.165) is 18.7 Å². The highest BCUT2D eigenvalue weighted by Gasteiger charge is 2.05. The molecule has 1 heterocycles. The fourth-order valence-corrected chi connectivity index (χ4v) is 1.47. The number of thiocarbonyl (C=S) groups is 1. The van der Waals surface area contributed by atoms with Crippen LogP contribution in [0.25, 0.3) is 0 Å². The Hall–Kier alpha value is -1.16. The van der Waals surface area contributed by atoms with Gasteiger partial charge in [-0.3, -0.25) is 0 Å². The van der Waals surface area contributed by atoms with Crippen molar-refractivity contribution >= 4 is 23.0 Å².